The molecule has 6 nitrogen and oxygen atoms in total. The molecule has 0 bridgehead atoms. The number of amides is 1. The van der Waals surface area contributed by atoms with Gasteiger partial charge in [-0.15, -0.1) is 0 Å². The summed E-state index contributed by atoms with van der Waals surface area (Å²) < 4.78 is 16.1. The van der Waals surface area contributed by atoms with Crippen molar-refractivity contribution in [2.24, 2.45) is 0 Å². The average Bonchev–Trinajstić information content (AvgIpc) is 3.41. The first-order chi connectivity index (χ1) is 14.1. The van der Waals surface area contributed by atoms with E-state index in [2.05, 4.69) is 23.2 Å². The first kappa shape index (κ1) is 17.9. The Bertz CT molecular complexity index is 1100. The van der Waals surface area contributed by atoms with Crippen LogP contribution >= 0.6 is 0 Å². The molecule has 1 aliphatic heterocycles. The van der Waals surface area contributed by atoms with Crippen LogP contribution in [0.2, 0.25) is 0 Å². The second kappa shape index (κ2) is 6.44. The first-order valence-electron chi connectivity index (χ1n) is 9.79. The van der Waals surface area contributed by atoms with Crippen molar-refractivity contribution in [1.82, 2.24) is 9.88 Å². The molecule has 1 N–H and O–H groups in total. The molecule has 6 heteroatoms. The van der Waals surface area contributed by atoms with E-state index in [0.29, 0.717) is 18.0 Å². The third kappa shape index (κ3) is 2.58. The molecule has 1 saturated carbocycles. The lowest BCUT2D eigenvalue weighted by molar-refractivity contribution is 0.101. The number of carbonyl (C=O) groups excluding carboxylic acids is 1. The summed E-state index contributed by atoms with van der Waals surface area (Å²) in [6.45, 7) is 0.646. The molecule has 150 valence electrons. The normalized spacial score (nSPS) is 19.1. The van der Waals surface area contributed by atoms with Crippen molar-refractivity contribution in [2.75, 3.05) is 27.9 Å². The molecule has 1 fully saturated rings. The molecule has 1 aromatic heterocycles. The molecule has 1 amide bonds. The second-order valence-corrected chi connectivity index (χ2v) is 7.85. The van der Waals surface area contributed by atoms with Gasteiger partial charge in [-0.25, -0.2) is 4.79 Å². The van der Waals surface area contributed by atoms with E-state index in [-0.39, 0.29) is 17.6 Å². The van der Waals surface area contributed by atoms with E-state index in [0.717, 1.165) is 29.6 Å². The third-order valence-corrected chi connectivity index (χ3v) is 6.31. The Morgan fingerprint density at radius 2 is 1.83 bits per heavy atom. The Kier molecular flexibility index (Phi) is 3.98. The Balaban J connectivity index is 1.74. The highest BCUT2D eigenvalue weighted by Gasteiger charge is 2.55. The highest BCUT2D eigenvalue weighted by atomic mass is 16.5. The van der Waals surface area contributed by atoms with Gasteiger partial charge in [0, 0.05) is 28.6 Å². The zero-order valence-corrected chi connectivity index (χ0v) is 16.8. The molecule has 0 radical (unpaired) electrons. The van der Waals surface area contributed by atoms with Crippen molar-refractivity contribution < 1.29 is 19.0 Å². The van der Waals surface area contributed by atoms with Crippen LogP contribution < -0.4 is 9.47 Å². The van der Waals surface area contributed by atoms with Gasteiger partial charge in [-0.05, 0) is 42.2 Å². The smallest absolute Gasteiger partial charge is 0.410 e. The van der Waals surface area contributed by atoms with Gasteiger partial charge in [-0.2, -0.15) is 0 Å². The lowest BCUT2D eigenvalue weighted by Gasteiger charge is -2.39. The highest BCUT2D eigenvalue weighted by Crippen LogP contribution is 2.58. The van der Waals surface area contributed by atoms with Crippen LogP contribution in [0.3, 0.4) is 0 Å². The summed E-state index contributed by atoms with van der Waals surface area (Å²) in [4.78, 5) is 18.3. The zero-order valence-electron chi connectivity index (χ0n) is 16.8. The molecule has 2 heterocycles. The number of methoxy groups -OCH3 is 3. The van der Waals surface area contributed by atoms with Gasteiger partial charge in [0.05, 0.1) is 21.3 Å². The van der Waals surface area contributed by atoms with Crippen molar-refractivity contribution in [3.8, 4) is 11.5 Å². The highest BCUT2D eigenvalue weighted by molar-refractivity contribution is 5.88. The lowest BCUT2D eigenvalue weighted by atomic mass is 9.83. The lowest BCUT2D eigenvalue weighted by Crippen LogP contribution is -2.45. The third-order valence-electron chi connectivity index (χ3n) is 6.31. The predicted molar refractivity (Wildman–Crippen MR) is 110 cm³/mol. The summed E-state index contributed by atoms with van der Waals surface area (Å²) >= 11 is 0. The van der Waals surface area contributed by atoms with Crippen molar-refractivity contribution >= 4 is 17.0 Å². The minimum absolute atomic E-state index is 0.0101. The number of aromatic amines is 1. The summed E-state index contributed by atoms with van der Waals surface area (Å²) in [6, 6.07) is 13.9. The van der Waals surface area contributed by atoms with E-state index in [9.17, 15) is 4.79 Å². The fourth-order valence-electron chi connectivity index (χ4n) is 4.81. The standard InChI is InChI=1S/C23H24N2O4/c1-27-17-9-8-14(12-18(17)28-2)21-20-19(15-6-4-5-7-16(15)24-20)23(10-11-23)13-25(21)22(26)29-3/h4-9,12,21,24H,10-11,13H2,1-3H3. The van der Waals surface area contributed by atoms with Crippen LogP contribution in [-0.4, -0.2) is 43.9 Å². The number of fused-ring (bicyclic) bond motifs is 4. The molecular weight excluding hydrogens is 368 g/mol. The van der Waals surface area contributed by atoms with Crippen molar-refractivity contribution in [3.63, 3.8) is 0 Å². The van der Waals surface area contributed by atoms with E-state index in [4.69, 9.17) is 14.2 Å². The van der Waals surface area contributed by atoms with E-state index in [1.54, 1.807) is 14.2 Å². The van der Waals surface area contributed by atoms with Gasteiger partial charge in [0.15, 0.2) is 11.5 Å². The van der Waals surface area contributed by atoms with Gasteiger partial charge < -0.3 is 19.2 Å². The van der Waals surface area contributed by atoms with E-state index in [1.165, 1.54) is 18.1 Å². The van der Waals surface area contributed by atoms with Crippen LogP contribution in [0.1, 0.15) is 35.7 Å². The summed E-state index contributed by atoms with van der Waals surface area (Å²) in [5.74, 6) is 1.30. The predicted octanol–water partition coefficient (Wildman–Crippen LogP) is 4.39. The topological polar surface area (TPSA) is 63.8 Å². The van der Waals surface area contributed by atoms with Gasteiger partial charge in [0.25, 0.3) is 0 Å². The summed E-state index contributed by atoms with van der Waals surface area (Å²) in [7, 11) is 4.67. The monoisotopic (exact) mass is 392 g/mol. The number of nitrogens with one attached hydrogen (secondary N) is 1. The van der Waals surface area contributed by atoms with E-state index in [1.807, 2.05) is 29.2 Å². The number of aromatic nitrogens is 1. The molecule has 1 atom stereocenters. The number of para-hydroxylation sites is 1. The van der Waals surface area contributed by atoms with E-state index >= 15 is 0 Å². The summed E-state index contributed by atoms with van der Waals surface area (Å²) in [6.07, 6.45) is 1.84. The molecule has 3 aromatic rings. The largest absolute Gasteiger partial charge is 0.493 e. The molecular formula is C23H24N2O4. The number of hydrogen-bond acceptors (Lipinski definition) is 4. The molecule has 5 rings (SSSR count). The molecule has 2 aromatic carbocycles. The number of ether oxygens (including phenoxy) is 3. The average molecular weight is 392 g/mol. The Labute approximate surface area is 169 Å². The Morgan fingerprint density at radius 3 is 2.52 bits per heavy atom. The van der Waals surface area contributed by atoms with Gasteiger partial charge in [-0.3, -0.25) is 4.90 Å². The minimum Gasteiger partial charge on any atom is -0.493 e. The number of carbonyl (C=O) groups is 1. The molecule has 1 spiro atoms. The Morgan fingerprint density at radius 1 is 1.07 bits per heavy atom. The summed E-state index contributed by atoms with van der Waals surface area (Å²) in [5, 5.41) is 1.25. The number of H-pyrrole nitrogens is 1. The van der Waals surface area contributed by atoms with Crippen LogP contribution in [0.25, 0.3) is 10.9 Å². The zero-order chi connectivity index (χ0) is 20.2. The fourth-order valence-corrected chi connectivity index (χ4v) is 4.81. The van der Waals surface area contributed by atoms with Crippen LogP contribution in [0.5, 0.6) is 11.5 Å². The molecule has 29 heavy (non-hydrogen) atoms. The van der Waals surface area contributed by atoms with Crippen molar-refractivity contribution in [1.29, 1.82) is 0 Å². The maximum atomic E-state index is 12.8. The van der Waals surface area contributed by atoms with Crippen molar-refractivity contribution in [3.05, 3.63) is 59.3 Å². The SMILES string of the molecule is COC(=O)N1CC2(CC2)c2c([nH]c3ccccc23)C1c1ccc(OC)c(OC)c1. The summed E-state index contributed by atoms with van der Waals surface area (Å²) in [5.41, 5.74) is 4.47. The quantitative estimate of drug-likeness (QED) is 0.718. The Hall–Kier alpha value is -3.15. The van der Waals surface area contributed by atoms with Gasteiger partial charge in [0.1, 0.15) is 6.04 Å². The van der Waals surface area contributed by atoms with Gasteiger partial charge in [0.2, 0.25) is 0 Å². The molecule has 1 unspecified atom stereocenters. The van der Waals surface area contributed by atoms with Crippen LogP contribution in [0.15, 0.2) is 42.5 Å². The van der Waals surface area contributed by atoms with Gasteiger partial charge >= 0.3 is 6.09 Å². The van der Waals surface area contributed by atoms with E-state index < -0.39 is 0 Å². The van der Waals surface area contributed by atoms with Gasteiger partial charge in [-0.1, -0.05) is 24.3 Å². The van der Waals surface area contributed by atoms with Crippen LogP contribution in [-0.2, 0) is 10.2 Å². The first-order valence-corrected chi connectivity index (χ1v) is 9.79. The number of rotatable bonds is 3. The van der Waals surface area contributed by atoms with Crippen LogP contribution in [0, 0.1) is 0 Å². The van der Waals surface area contributed by atoms with Crippen LogP contribution in [0.4, 0.5) is 4.79 Å². The number of nitrogens with zero attached hydrogens (tertiary/aromatic N) is 1. The molecule has 1 aliphatic carbocycles. The molecule has 0 saturated heterocycles. The second-order valence-electron chi connectivity index (χ2n) is 7.85. The minimum atomic E-state index is -0.319. The van der Waals surface area contributed by atoms with Crippen molar-refractivity contribution in [2.45, 2.75) is 24.3 Å². The maximum absolute atomic E-state index is 12.8. The number of hydrogen-bond donors (Lipinski definition) is 1. The fraction of sp³-hybridized carbons (Fsp3) is 0.348. The maximum Gasteiger partial charge on any atom is 0.410 e. The number of benzene rings is 2. The molecule has 2 aliphatic rings.